The molecule has 0 amide bonds. The fourth-order valence-corrected chi connectivity index (χ4v) is 5.34. The molecule has 0 spiro atoms. The lowest BCUT2D eigenvalue weighted by Gasteiger charge is -2.30. The van der Waals surface area contributed by atoms with Gasteiger partial charge < -0.3 is 5.32 Å². The zero-order valence-corrected chi connectivity index (χ0v) is 13.1. The molecule has 1 heterocycles. The molecule has 1 aliphatic heterocycles. The first-order chi connectivity index (χ1) is 9.43. The molecule has 1 saturated heterocycles. The predicted octanol–water partition coefficient (Wildman–Crippen LogP) is 4.12. The van der Waals surface area contributed by atoms with Crippen LogP contribution in [0.5, 0.6) is 0 Å². The molecule has 6 heteroatoms. The minimum atomic E-state index is -4.27. The Morgan fingerprint density at radius 1 is 1.30 bits per heavy atom. The fourth-order valence-electron chi connectivity index (χ4n) is 2.44. The van der Waals surface area contributed by atoms with E-state index in [2.05, 4.69) is 5.32 Å². The third-order valence-corrected chi connectivity index (χ3v) is 6.32. The molecule has 0 bridgehead atoms. The van der Waals surface area contributed by atoms with E-state index in [1.165, 1.54) is 12.1 Å². The molecule has 2 unspecified atom stereocenters. The first kappa shape index (κ1) is 16.0. The van der Waals surface area contributed by atoms with Crippen molar-refractivity contribution in [2.75, 3.05) is 24.3 Å². The van der Waals surface area contributed by atoms with Gasteiger partial charge in [-0.15, -0.1) is 0 Å². The zero-order chi connectivity index (χ0) is 14.8. The van der Waals surface area contributed by atoms with E-state index >= 15 is 0 Å². The summed E-state index contributed by atoms with van der Waals surface area (Å²) in [6.07, 6.45) is -4.27. The van der Waals surface area contributed by atoms with Crippen LogP contribution in [0.15, 0.2) is 18.2 Å². The molecule has 1 aliphatic rings. The number of thioether (sulfide) groups is 2. The van der Waals surface area contributed by atoms with Crippen LogP contribution in [0.3, 0.4) is 0 Å². The van der Waals surface area contributed by atoms with Gasteiger partial charge in [-0.25, -0.2) is 0 Å². The van der Waals surface area contributed by atoms with Crippen LogP contribution in [0.25, 0.3) is 0 Å². The van der Waals surface area contributed by atoms with Crippen molar-refractivity contribution in [1.29, 1.82) is 0 Å². The van der Waals surface area contributed by atoms with E-state index < -0.39 is 11.7 Å². The second-order valence-corrected chi connectivity index (χ2v) is 7.32. The van der Waals surface area contributed by atoms with Crippen LogP contribution >= 0.6 is 23.5 Å². The van der Waals surface area contributed by atoms with Crippen molar-refractivity contribution >= 4 is 23.5 Å². The molecule has 1 aromatic carbocycles. The van der Waals surface area contributed by atoms with Gasteiger partial charge in [-0.2, -0.15) is 36.7 Å². The Morgan fingerprint density at radius 2 is 2.05 bits per heavy atom. The average molecular weight is 321 g/mol. The Kier molecular flexibility index (Phi) is 5.31. The van der Waals surface area contributed by atoms with E-state index in [-0.39, 0.29) is 6.04 Å². The molecule has 0 aliphatic carbocycles. The topological polar surface area (TPSA) is 12.0 Å². The molecular weight excluding hydrogens is 303 g/mol. The van der Waals surface area contributed by atoms with Crippen LogP contribution in [0.2, 0.25) is 0 Å². The fraction of sp³-hybridized carbons (Fsp3) is 0.571. The molecule has 112 valence electrons. The quantitative estimate of drug-likeness (QED) is 0.899. The second kappa shape index (κ2) is 6.62. The summed E-state index contributed by atoms with van der Waals surface area (Å²) in [4.78, 5) is 0. The number of hydrogen-bond donors (Lipinski definition) is 1. The Hall–Kier alpha value is -0.330. The summed E-state index contributed by atoms with van der Waals surface area (Å²) in [6.45, 7) is 1.76. The van der Waals surface area contributed by atoms with E-state index in [0.717, 1.165) is 22.8 Å². The smallest absolute Gasteiger partial charge is 0.312 e. The lowest BCUT2D eigenvalue weighted by molar-refractivity contribution is -0.137. The molecule has 2 atom stereocenters. The number of benzene rings is 1. The van der Waals surface area contributed by atoms with Crippen LogP contribution in [0.1, 0.15) is 22.7 Å². The van der Waals surface area contributed by atoms with Crippen LogP contribution in [-0.2, 0) is 6.18 Å². The van der Waals surface area contributed by atoms with Gasteiger partial charge in [0.1, 0.15) is 0 Å². The van der Waals surface area contributed by atoms with Gasteiger partial charge in [0.05, 0.1) is 5.56 Å². The maximum Gasteiger partial charge on any atom is 0.416 e. The summed E-state index contributed by atoms with van der Waals surface area (Å²) >= 11 is 3.82. The zero-order valence-electron chi connectivity index (χ0n) is 11.5. The number of hydrogen-bond acceptors (Lipinski definition) is 3. The lowest BCUT2D eigenvalue weighted by atomic mass is 9.97. The van der Waals surface area contributed by atoms with Crippen molar-refractivity contribution in [3.63, 3.8) is 0 Å². The molecule has 1 N–H and O–H groups in total. The highest BCUT2D eigenvalue weighted by atomic mass is 32.2. The monoisotopic (exact) mass is 321 g/mol. The summed E-state index contributed by atoms with van der Waals surface area (Å²) in [5.41, 5.74) is 1.11. The van der Waals surface area contributed by atoms with Gasteiger partial charge in [-0.1, -0.05) is 6.07 Å². The maximum absolute atomic E-state index is 12.7. The minimum absolute atomic E-state index is 0.107. The molecule has 20 heavy (non-hydrogen) atoms. The molecule has 0 saturated carbocycles. The standard InChI is InChI=1S/C14H18F3NS2/c1-9-7-10(14(15,16)17)3-4-11(9)13(18-2)12-8-19-5-6-20-12/h3-4,7,12-13,18H,5-6,8H2,1-2H3. The summed E-state index contributed by atoms with van der Waals surface area (Å²) in [5.74, 6) is 3.30. The number of rotatable bonds is 3. The van der Waals surface area contributed by atoms with Crippen molar-refractivity contribution in [1.82, 2.24) is 5.32 Å². The van der Waals surface area contributed by atoms with Crippen LogP contribution in [0.4, 0.5) is 13.2 Å². The molecular formula is C14H18F3NS2. The predicted molar refractivity (Wildman–Crippen MR) is 81.6 cm³/mol. The molecule has 0 aromatic heterocycles. The third-order valence-electron chi connectivity index (χ3n) is 3.46. The highest BCUT2D eigenvalue weighted by Crippen LogP contribution is 2.36. The van der Waals surface area contributed by atoms with Gasteiger partial charge in [0.2, 0.25) is 0 Å². The molecule has 1 fully saturated rings. The number of aryl methyl sites for hydroxylation is 1. The van der Waals surface area contributed by atoms with Gasteiger partial charge in [0.25, 0.3) is 0 Å². The maximum atomic E-state index is 12.7. The first-order valence-electron chi connectivity index (χ1n) is 6.48. The normalized spacial score (nSPS) is 21.8. The molecule has 0 radical (unpaired) electrons. The molecule has 1 aromatic rings. The number of halogens is 3. The SMILES string of the molecule is CNC(c1ccc(C(F)(F)F)cc1C)C1CSCCS1. The van der Waals surface area contributed by atoms with E-state index in [1.54, 1.807) is 13.0 Å². The first-order valence-corrected chi connectivity index (χ1v) is 8.68. The molecule has 2 rings (SSSR count). The van der Waals surface area contributed by atoms with Crippen molar-refractivity contribution in [2.24, 2.45) is 0 Å². The van der Waals surface area contributed by atoms with E-state index in [4.69, 9.17) is 0 Å². The van der Waals surface area contributed by atoms with Crippen molar-refractivity contribution in [3.05, 3.63) is 34.9 Å². The van der Waals surface area contributed by atoms with Crippen molar-refractivity contribution in [3.8, 4) is 0 Å². The number of nitrogens with one attached hydrogen (secondary N) is 1. The Morgan fingerprint density at radius 3 is 2.55 bits per heavy atom. The number of alkyl halides is 3. The van der Waals surface area contributed by atoms with E-state index in [9.17, 15) is 13.2 Å². The van der Waals surface area contributed by atoms with E-state index in [0.29, 0.717) is 10.8 Å². The molecule has 1 nitrogen and oxygen atoms in total. The Balaban J connectivity index is 2.26. The largest absolute Gasteiger partial charge is 0.416 e. The van der Waals surface area contributed by atoms with E-state index in [1.807, 2.05) is 30.6 Å². The van der Waals surface area contributed by atoms with Gasteiger partial charge in [0, 0.05) is 28.6 Å². The summed E-state index contributed by atoms with van der Waals surface area (Å²) < 4.78 is 38.1. The summed E-state index contributed by atoms with van der Waals surface area (Å²) in [5, 5.41) is 3.68. The van der Waals surface area contributed by atoms with Crippen molar-refractivity contribution < 1.29 is 13.2 Å². The second-order valence-electron chi connectivity index (χ2n) is 4.82. The lowest BCUT2D eigenvalue weighted by Crippen LogP contribution is -2.32. The summed E-state index contributed by atoms with van der Waals surface area (Å²) in [6, 6.07) is 4.17. The average Bonchev–Trinajstić information content (AvgIpc) is 2.41. The Labute approximate surface area is 126 Å². The van der Waals surface area contributed by atoms with Crippen LogP contribution in [0, 0.1) is 6.92 Å². The van der Waals surface area contributed by atoms with Crippen LogP contribution < -0.4 is 5.32 Å². The highest BCUT2D eigenvalue weighted by Gasteiger charge is 2.32. The van der Waals surface area contributed by atoms with Gasteiger partial charge in [-0.05, 0) is 37.2 Å². The van der Waals surface area contributed by atoms with Gasteiger partial charge in [0.15, 0.2) is 0 Å². The third kappa shape index (κ3) is 3.65. The van der Waals surface area contributed by atoms with Crippen LogP contribution in [-0.4, -0.2) is 29.6 Å². The summed E-state index contributed by atoms with van der Waals surface area (Å²) in [7, 11) is 1.88. The van der Waals surface area contributed by atoms with Gasteiger partial charge >= 0.3 is 6.18 Å². The van der Waals surface area contributed by atoms with Crippen molar-refractivity contribution in [2.45, 2.75) is 24.4 Å². The minimum Gasteiger partial charge on any atom is -0.312 e. The Bertz CT molecular complexity index is 456. The van der Waals surface area contributed by atoms with Gasteiger partial charge in [-0.3, -0.25) is 0 Å². The highest BCUT2D eigenvalue weighted by molar-refractivity contribution is 8.06.